The van der Waals surface area contributed by atoms with Crippen LogP contribution in [0.2, 0.25) is 0 Å². The summed E-state index contributed by atoms with van der Waals surface area (Å²) in [6.45, 7) is 1.54. The zero-order chi connectivity index (χ0) is 12.3. The normalized spacial score (nSPS) is 16.3. The molecule has 0 aromatic heterocycles. The van der Waals surface area contributed by atoms with Gasteiger partial charge in [-0.15, -0.1) is 12.4 Å². The maximum Gasteiger partial charge on any atom is 0.225 e. The second-order valence-corrected chi connectivity index (χ2v) is 4.17. The van der Waals surface area contributed by atoms with Crippen LogP contribution in [0.25, 0.3) is 0 Å². The summed E-state index contributed by atoms with van der Waals surface area (Å²) in [6.07, 6.45) is -0.799. The molecule has 1 aliphatic rings. The highest BCUT2D eigenvalue weighted by atomic mass is 35.5. The molecule has 2 rings (SSSR count). The number of hydrogen-bond acceptors (Lipinski definition) is 3. The number of rotatable bonds is 4. The molecule has 1 aliphatic heterocycles. The molecular formula is C12H16ClFN2O2. The smallest absolute Gasteiger partial charge is 0.225 e. The fourth-order valence-corrected chi connectivity index (χ4v) is 1.62. The van der Waals surface area contributed by atoms with Crippen molar-refractivity contribution in [1.82, 2.24) is 10.6 Å². The zero-order valence-electron chi connectivity index (χ0n) is 9.73. The highest BCUT2D eigenvalue weighted by Crippen LogP contribution is 2.12. The number of hydrogen-bond donors (Lipinski definition) is 3. The Balaban J connectivity index is 0.00000162. The Bertz CT molecular complexity index is 396. The van der Waals surface area contributed by atoms with E-state index in [2.05, 4.69) is 10.6 Å². The molecule has 4 nitrogen and oxygen atoms in total. The Kier molecular flexibility index (Phi) is 5.53. The van der Waals surface area contributed by atoms with E-state index in [1.165, 1.54) is 24.3 Å². The van der Waals surface area contributed by atoms with E-state index in [9.17, 15) is 14.3 Å². The maximum atomic E-state index is 12.7. The first-order chi connectivity index (χ1) is 8.16. The quantitative estimate of drug-likeness (QED) is 0.754. The Morgan fingerprint density at radius 2 is 2.06 bits per heavy atom. The van der Waals surface area contributed by atoms with Gasteiger partial charge in [-0.25, -0.2) is 4.39 Å². The van der Waals surface area contributed by atoms with E-state index in [-0.39, 0.29) is 36.6 Å². The van der Waals surface area contributed by atoms with E-state index < -0.39 is 6.10 Å². The average molecular weight is 275 g/mol. The first kappa shape index (κ1) is 14.9. The molecule has 0 bridgehead atoms. The third-order valence-electron chi connectivity index (χ3n) is 2.88. The lowest BCUT2D eigenvalue weighted by atomic mass is 10.0. The first-order valence-corrected chi connectivity index (χ1v) is 5.59. The Hall–Kier alpha value is -1.17. The van der Waals surface area contributed by atoms with Crippen LogP contribution in [0.5, 0.6) is 0 Å². The summed E-state index contributed by atoms with van der Waals surface area (Å²) in [7, 11) is 0. The number of carbonyl (C=O) groups is 1. The first-order valence-electron chi connectivity index (χ1n) is 5.59. The second kappa shape index (κ2) is 6.68. The molecule has 1 heterocycles. The summed E-state index contributed by atoms with van der Waals surface area (Å²) < 4.78 is 12.7. The topological polar surface area (TPSA) is 61.4 Å². The van der Waals surface area contributed by atoms with Crippen molar-refractivity contribution in [3.63, 3.8) is 0 Å². The lowest BCUT2D eigenvalue weighted by Crippen LogP contribution is -2.51. The molecule has 18 heavy (non-hydrogen) atoms. The standard InChI is InChI=1S/C12H15FN2O2.ClH/c13-10-3-1-8(2-4-10)11(16)7-15-12(17)9-5-14-6-9;/h1-4,9,11,14,16H,5-7H2,(H,15,17);1H. The lowest BCUT2D eigenvalue weighted by Gasteiger charge is -2.26. The molecule has 6 heteroatoms. The van der Waals surface area contributed by atoms with Crippen molar-refractivity contribution in [2.24, 2.45) is 5.92 Å². The van der Waals surface area contributed by atoms with Crippen LogP contribution in [0.1, 0.15) is 11.7 Å². The van der Waals surface area contributed by atoms with Gasteiger partial charge in [-0.2, -0.15) is 0 Å². The number of amides is 1. The van der Waals surface area contributed by atoms with Crippen molar-refractivity contribution in [2.45, 2.75) is 6.10 Å². The molecule has 1 aromatic carbocycles. The van der Waals surface area contributed by atoms with Gasteiger partial charge >= 0.3 is 0 Å². The maximum absolute atomic E-state index is 12.7. The van der Waals surface area contributed by atoms with E-state index in [1.54, 1.807) is 0 Å². The van der Waals surface area contributed by atoms with Gasteiger partial charge < -0.3 is 15.7 Å². The summed E-state index contributed by atoms with van der Waals surface area (Å²) in [5, 5.41) is 15.5. The van der Waals surface area contributed by atoms with E-state index in [0.717, 1.165) is 0 Å². The predicted octanol–water partition coefficient (Wildman–Crippen LogP) is 0.616. The van der Waals surface area contributed by atoms with Gasteiger partial charge in [-0.05, 0) is 17.7 Å². The van der Waals surface area contributed by atoms with Crippen molar-refractivity contribution in [2.75, 3.05) is 19.6 Å². The van der Waals surface area contributed by atoms with Gasteiger partial charge in [0.25, 0.3) is 0 Å². The molecular weight excluding hydrogens is 259 g/mol. The Labute approximate surface area is 111 Å². The second-order valence-electron chi connectivity index (χ2n) is 4.17. The van der Waals surface area contributed by atoms with Gasteiger partial charge in [0.05, 0.1) is 12.0 Å². The molecule has 1 amide bonds. The number of carbonyl (C=O) groups excluding carboxylic acids is 1. The number of halogens is 2. The number of nitrogens with one attached hydrogen (secondary N) is 2. The largest absolute Gasteiger partial charge is 0.387 e. The van der Waals surface area contributed by atoms with Crippen LogP contribution in [0, 0.1) is 11.7 Å². The van der Waals surface area contributed by atoms with Crippen molar-refractivity contribution >= 4 is 18.3 Å². The summed E-state index contributed by atoms with van der Waals surface area (Å²) in [5.74, 6) is -0.383. The average Bonchev–Trinajstić information content (AvgIpc) is 2.24. The van der Waals surface area contributed by atoms with Gasteiger partial charge in [0.15, 0.2) is 0 Å². The van der Waals surface area contributed by atoms with Crippen molar-refractivity contribution in [1.29, 1.82) is 0 Å². The zero-order valence-corrected chi connectivity index (χ0v) is 10.5. The summed E-state index contributed by atoms with van der Waals surface area (Å²) in [4.78, 5) is 11.5. The Morgan fingerprint density at radius 1 is 1.44 bits per heavy atom. The van der Waals surface area contributed by atoms with Crippen LogP contribution in [0.4, 0.5) is 4.39 Å². The highest BCUT2D eigenvalue weighted by Gasteiger charge is 2.24. The molecule has 0 saturated carbocycles. The SMILES string of the molecule is Cl.O=C(NCC(O)c1ccc(F)cc1)C1CNC1. The minimum Gasteiger partial charge on any atom is -0.387 e. The van der Waals surface area contributed by atoms with Crippen LogP contribution in [-0.4, -0.2) is 30.6 Å². The fourth-order valence-electron chi connectivity index (χ4n) is 1.62. The van der Waals surface area contributed by atoms with E-state index in [0.29, 0.717) is 18.7 Å². The van der Waals surface area contributed by atoms with Gasteiger partial charge in [-0.3, -0.25) is 4.79 Å². The van der Waals surface area contributed by atoms with Crippen LogP contribution in [0.3, 0.4) is 0 Å². The molecule has 1 atom stereocenters. The predicted molar refractivity (Wildman–Crippen MR) is 68.0 cm³/mol. The minimum atomic E-state index is -0.799. The molecule has 1 aromatic rings. The number of benzene rings is 1. The number of aliphatic hydroxyl groups is 1. The van der Waals surface area contributed by atoms with Crippen LogP contribution < -0.4 is 10.6 Å². The summed E-state index contributed by atoms with van der Waals surface area (Å²) in [6, 6.07) is 5.60. The van der Waals surface area contributed by atoms with Crippen molar-refractivity contribution < 1.29 is 14.3 Å². The molecule has 1 unspecified atom stereocenters. The highest BCUT2D eigenvalue weighted by molar-refractivity contribution is 5.85. The van der Waals surface area contributed by atoms with Crippen LogP contribution >= 0.6 is 12.4 Å². The molecule has 1 saturated heterocycles. The van der Waals surface area contributed by atoms with Gasteiger partial charge in [0, 0.05) is 19.6 Å². The Morgan fingerprint density at radius 3 is 2.56 bits per heavy atom. The van der Waals surface area contributed by atoms with E-state index >= 15 is 0 Å². The minimum absolute atomic E-state index is 0. The molecule has 3 N–H and O–H groups in total. The molecule has 1 fully saturated rings. The van der Waals surface area contributed by atoms with E-state index in [1.807, 2.05) is 0 Å². The third kappa shape index (κ3) is 3.66. The van der Waals surface area contributed by atoms with Crippen molar-refractivity contribution in [3.8, 4) is 0 Å². The molecule has 100 valence electrons. The molecule has 0 spiro atoms. The van der Waals surface area contributed by atoms with E-state index in [4.69, 9.17) is 0 Å². The molecule has 0 radical (unpaired) electrons. The summed E-state index contributed by atoms with van der Waals surface area (Å²) >= 11 is 0. The summed E-state index contributed by atoms with van der Waals surface area (Å²) in [5.41, 5.74) is 0.596. The van der Waals surface area contributed by atoms with Crippen molar-refractivity contribution in [3.05, 3.63) is 35.6 Å². The van der Waals surface area contributed by atoms with Crippen LogP contribution in [-0.2, 0) is 4.79 Å². The molecule has 0 aliphatic carbocycles. The monoisotopic (exact) mass is 274 g/mol. The third-order valence-corrected chi connectivity index (χ3v) is 2.88. The van der Waals surface area contributed by atoms with Gasteiger partial charge in [0.2, 0.25) is 5.91 Å². The lowest BCUT2D eigenvalue weighted by molar-refractivity contribution is -0.126. The van der Waals surface area contributed by atoms with Gasteiger partial charge in [0.1, 0.15) is 5.82 Å². The number of aliphatic hydroxyl groups excluding tert-OH is 1. The fraction of sp³-hybridized carbons (Fsp3) is 0.417. The van der Waals surface area contributed by atoms with Gasteiger partial charge in [-0.1, -0.05) is 12.1 Å². The van der Waals surface area contributed by atoms with Crippen LogP contribution in [0.15, 0.2) is 24.3 Å².